The van der Waals surface area contributed by atoms with Crippen molar-refractivity contribution in [1.29, 1.82) is 0 Å². The fourth-order valence-corrected chi connectivity index (χ4v) is 5.41. The van der Waals surface area contributed by atoms with Gasteiger partial charge in [-0.05, 0) is 19.3 Å². The standard InChI is InChI=1S/C27H25Cl3O9/c28-27(29,30)17(32)8-2-1-5-9-39-18(33)12-26(38)10-15-19(16(31)11-26)25(37)21-20(24(15)36)22(34)13-6-3-4-7-14(13)23(21)35/h3-4,6-7,16,31,36-38H,1-2,5,8-12H2/t16-,26+/m0/s1. The third-order valence-electron chi connectivity index (χ3n) is 6.97. The SMILES string of the molecule is O=C(C[C@@]1(O)Cc2c(O)c3c(c(O)c2[C@@H](O)C1)C(=O)c1ccccc1C3=O)OCCCCCC(=O)C(Cl)(Cl)Cl. The van der Waals surface area contributed by atoms with Gasteiger partial charge in [-0.3, -0.25) is 19.2 Å². The Kier molecular flexibility index (Phi) is 8.31. The maximum absolute atomic E-state index is 13.2. The first kappa shape index (κ1) is 29.3. The van der Waals surface area contributed by atoms with Crippen LogP contribution >= 0.6 is 34.8 Å². The molecule has 2 atom stereocenters. The number of carbonyl (C=O) groups excluding carboxylic acids is 4. The lowest BCUT2D eigenvalue weighted by molar-refractivity contribution is -0.151. The van der Waals surface area contributed by atoms with Crippen molar-refractivity contribution in [3.63, 3.8) is 0 Å². The summed E-state index contributed by atoms with van der Waals surface area (Å²) in [6.45, 7) is 0.00554. The van der Waals surface area contributed by atoms with Crippen molar-refractivity contribution in [1.82, 2.24) is 0 Å². The molecular formula is C27H25Cl3O9. The average molecular weight is 600 g/mol. The van der Waals surface area contributed by atoms with Crippen molar-refractivity contribution >= 4 is 58.1 Å². The number of unbranched alkanes of at least 4 members (excludes halogenated alkanes) is 2. The molecule has 0 bridgehead atoms. The van der Waals surface area contributed by atoms with E-state index in [9.17, 15) is 39.6 Å². The van der Waals surface area contributed by atoms with Crippen molar-refractivity contribution in [3.8, 4) is 11.5 Å². The van der Waals surface area contributed by atoms with Gasteiger partial charge in [-0.15, -0.1) is 0 Å². The van der Waals surface area contributed by atoms with Gasteiger partial charge in [0.1, 0.15) is 11.5 Å². The number of carbonyl (C=O) groups is 4. The van der Waals surface area contributed by atoms with Crippen molar-refractivity contribution in [3.05, 3.63) is 57.6 Å². The number of ether oxygens (including phenoxy) is 1. The molecule has 0 saturated heterocycles. The van der Waals surface area contributed by atoms with E-state index in [2.05, 4.69) is 0 Å². The predicted octanol–water partition coefficient (Wildman–Crippen LogP) is 4.02. The van der Waals surface area contributed by atoms with Crippen LogP contribution in [-0.4, -0.2) is 59.7 Å². The van der Waals surface area contributed by atoms with E-state index < -0.39 is 74.3 Å². The van der Waals surface area contributed by atoms with Crippen LogP contribution in [0.4, 0.5) is 0 Å². The highest BCUT2D eigenvalue weighted by atomic mass is 35.6. The van der Waals surface area contributed by atoms with E-state index in [4.69, 9.17) is 39.5 Å². The number of aliphatic hydroxyl groups is 2. The van der Waals surface area contributed by atoms with Gasteiger partial charge in [-0.2, -0.15) is 0 Å². The lowest BCUT2D eigenvalue weighted by Crippen LogP contribution is -2.41. The molecule has 208 valence electrons. The van der Waals surface area contributed by atoms with Crippen LogP contribution in [0.25, 0.3) is 0 Å². The Morgan fingerprint density at radius 2 is 1.56 bits per heavy atom. The first-order valence-electron chi connectivity index (χ1n) is 12.2. The molecule has 0 saturated carbocycles. The van der Waals surface area contributed by atoms with Crippen LogP contribution in [0.5, 0.6) is 11.5 Å². The van der Waals surface area contributed by atoms with Crippen molar-refractivity contribution in [2.75, 3.05) is 6.61 Å². The summed E-state index contributed by atoms with van der Waals surface area (Å²) in [5, 5.41) is 43.9. The second-order valence-corrected chi connectivity index (χ2v) is 12.1. The Hall–Kier alpha value is -2.69. The highest BCUT2D eigenvalue weighted by Gasteiger charge is 2.46. The van der Waals surface area contributed by atoms with Gasteiger partial charge in [0.15, 0.2) is 17.3 Å². The molecule has 12 heteroatoms. The van der Waals surface area contributed by atoms with Crippen LogP contribution in [0.1, 0.15) is 87.6 Å². The van der Waals surface area contributed by atoms with E-state index in [1.165, 1.54) is 12.1 Å². The molecule has 0 aromatic heterocycles. The Labute approximate surface area is 238 Å². The van der Waals surface area contributed by atoms with Crippen LogP contribution in [0.3, 0.4) is 0 Å². The Morgan fingerprint density at radius 3 is 2.15 bits per heavy atom. The summed E-state index contributed by atoms with van der Waals surface area (Å²) in [4.78, 5) is 50.3. The molecule has 0 aliphatic heterocycles. The number of halogens is 3. The molecule has 0 heterocycles. The summed E-state index contributed by atoms with van der Waals surface area (Å²) in [5.74, 6) is -3.95. The summed E-state index contributed by atoms with van der Waals surface area (Å²) < 4.78 is 3.20. The molecule has 4 rings (SSSR count). The van der Waals surface area contributed by atoms with E-state index in [0.717, 1.165) is 0 Å². The average Bonchev–Trinajstić information content (AvgIpc) is 2.85. The first-order chi connectivity index (χ1) is 18.2. The van der Waals surface area contributed by atoms with Crippen LogP contribution in [0.2, 0.25) is 0 Å². The van der Waals surface area contributed by atoms with Crippen LogP contribution < -0.4 is 0 Å². The van der Waals surface area contributed by atoms with E-state index in [-0.39, 0.29) is 41.7 Å². The zero-order chi connectivity index (χ0) is 28.7. The molecule has 2 aliphatic rings. The normalized spacial score (nSPS) is 20.2. The summed E-state index contributed by atoms with van der Waals surface area (Å²) in [6, 6.07) is 5.97. The maximum Gasteiger partial charge on any atom is 0.308 e. The van der Waals surface area contributed by atoms with Crippen LogP contribution in [0, 0.1) is 0 Å². The number of hydrogen-bond acceptors (Lipinski definition) is 9. The number of Topliss-reactive ketones (excluding diaryl/α,β-unsaturated/α-hetero) is 1. The number of alkyl halides is 3. The largest absolute Gasteiger partial charge is 0.507 e. The Balaban J connectivity index is 1.46. The molecule has 0 spiro atoms. The molecule has 0 amide bonds. The zero-order valence-corrected chi connectivity index (χ0v) is 22.8. The summed E-state index contributed by atoms with van der Waals surface area (Å²) in [6.07, 6.45) is -1.44. The van der Waals surface area contributed by atoms with Crippen molar-refractivity contribution in [2.24, 2.45) is 0 Å². The molecule has 9 nitrogen and oxygen atoms in total. The van der Waals surface area contributed by atoms with Gasteiger partial charge < -0.3 is 25.2 Å². The smallest absolute Gasteiger partial charge is 0.308 e. The number of ketones is 3. The number of rotatable bonds is 8. The molecule has 2 aromatic carbocycles. The van der Waals surface area contributed by atoms with E-state index in [1.54, 1.807) is 12.1 Å². The minimum atomic E-state index is -1.97. The van der Waals surface area contributed by atoms with Gasteiger partial charge >= 0.3 is 5.97 Å². The number of aromatic hydroxyl groups is 2. The number of phenols is 2. The summed E-state index contributed by atoms with van der Waals surface area (Å²) in [7, 11) is 0. The molecule has 39 heavy (non-hydrogen) atoms. The minimum Gasteiger partial charge on any atom is -0.507 e. The Morgan fingerprint density at radius 1 is 0.974 bits per heavy atom. The van der Waals surface area contributed by atoms with Gasteiger partial charge in [0.25, 0.3) is 0 Å². The maximum atomic E-state index is 13.2. The van der Waals surface area contributed by atoms with Gasteiger partial charge in [0.05, 0.1) is 35.9 Å². The molecule has 2 aromatic rings. The topological polar surface area (TPSA) is 158 Å². The third kappa shape index (κ3) is 5.78. The van der Waals surface area contributed by atoms with Gasteiger partial charge in [-0.25, -0.2) is 0 Å². The lowest BCUT2D eigenvalue weighted by Gasteiger charge is -2.37. The second-order valence-electron chi connectivity index (χ2n) is 9.79. The highest BCUT2D eigenvalue weighted by molar-refractivity contribution is 6.76. The fraction of sp³-hybridized carbons (Fsp3) is 0.407. The van der Waals surface area contributed by atoms with E-state index >= 15 is 0 Å². The third-order valence-corrected chi connectivity index (χ3v) is 7.61. The second kappa shape index (κ2) is 11.1. The van der Waals surface area contributed by atoms with Crippen LogP contribution in [0.15, 0.2) is 24.3 Å². The number of aliphatic hydroxyl groups excluding tert-OH is 1. The molecule has 2 aliphatic carbocycles. The van der Waals surface area contributed by atoms with Gasteiger partial charge in [-0.1, -0.05) is 59.1 Å². The monoisotopic (exact) mass is 598 g/mol. The minimum absolute atomic E-state index is 0.00554. The zero-order valence-electron chi connectivity index (χ0n) is 20.5. The van der Waals surface area contributed by atoms with Gasteiger partial charge in [0.2, 0.25) is 3.79 Å². The molecule has 0 fully saturated rings. The molecule has 0 unspecified atom stereocenters. The fourth-order valence-electron chi connectivity index (χ4n) is 5.13. The van der Waals surface area contributed by atoms with Crippen LogP contribution in [-0.2, 0) is 20.7 Å². The lowest BCUT2D eigenvalue weighted by atomic mass is 9.72. The number of fused-ring (bicyclic) bond motifs is 3. The summed E-state index contributed by atoms with van der Waals surface area (Å²) >= 11 is 16.5. The molecule has 4 N–H and O–H groups in total. The molecular weight excluding hydrogens is 575 g/mol. The number of benzene rings is 2. The molecule has 0 radical (unpaired) electrons. The van der Waals surface area contributed by atoms with E-state index in [1.807, 2.05) is 0 Å². The summed E-state index contributed by atoms with van der Waals surface area (Å²) in [5.41, 5.74) is -2.87. The first-order valence-corrected chi connectivity index (χ1v) is 13.3. The van der Waals surface area contributed by atoms with Crippen molar-refractivity contribution < 1.29 is 44.3 Å². The number of hydrogen-bond donors (Lipinski definition) is 4. The van der Waals surface area contributed by atoms with E-state index in [0.29, 0.717) is 19.3 Å². The number of esters is 1. The number of phenolic OH excluding ortho intramolecular Hbond substituents is 2. The highest BCUT2D eigenvalue weighted by Crippen LogP contribution is 2.50. The van der Waals surface area contributed by atoms with Crippen molar-refractivity contribution in [2.45, 2.75) is 60.4 Å². The van der Waals surface area contributed by atoms with Gasteiger partial charge in [0, 0.05) is 41.5 Å². The quantitative estimate of drug-likeness (QED) is 0.130. The predicted molar refractivity (Wildman–Crippen MR) is 141 cm³/mol. The Bertz CT molecular complexity index is 1370.